The van der Waals surface area contributed by atoms with Crippen LogP contribution in [0.2, 0.25) is 0 Å². The van der Waals surface area contributed by atoms with Gasteiger partial charge in [0, 0.05) is 0 Å². The van der Waals surface area contributed by atoms with Crippen molar-refractivity contribution in [2.75, 3.05) is 0 Å². The fourth-order valence-corrected chi connectivity index (χ4v) is 0.655. The highest BCUT2D eigenvalue weighted by Gasteiger charge is 2.06. The molecular weight excluding hydrogens is 148 g/mol. The van der Waals surface area contributed by atoms with E-state index in [1.165, 1.54) is 6.08 Å². The van der Waals surface area contributed by atoms with Crippen molar-refractivity contribution in [3.8, 4) is 0 Å². The number of aliphatic carboxylic acids is 2. The van der Waals surface area contributed by atoms with Gasteiger partial charge in [0.15, 0.2) is 0 Å². The van der Waals surface area contributed by atoms with E-state index < -0.39 is 11.9 Å². The summed E-state index contributed by atoms with van der Waals surface area (Å²) < 4.78 is 0. The van der Waals surface area contributed by atoms with Crippen LogP contribution in [0.3, 0.4) is 0 Å². The molecule has 0 saturated carbocycles. The predicted octanol–water partition coefficient (Wildman–Crippen LogP) is 0.882. The van der Waals surface area contributed by atoms with Gasteiger partial charge in [0.1, 0.15) is 0 Å². The maximum absolute atomic E-state index is 10.1. The molecule has 2 N–H and O–H groups in total. The molecule has 0 fully saturated rings. The zero-order chi connectivity index (χ0) is 8.85. The van der Waals surface area contributed by atoms with Crippen molar-refractivity contribution in [3.63, 3.8) is 0 Å². The molecule has 11 heavy (non-hydrogen) atoms. The molecule has 0 unspecified atom stereocenters. The number of carbonyl (C=O) groups is 2. The van der Waals surface area contributed by atoms with E-state index in [4.69, 9.17) is 10.2 Å². The summed E-state index contributed by atoms with van der Waals surface area (Å²) in [6.45, 7) is 1.63. The lowest BCUT2D eigenvalue weighted by atomic mass is 10.1. The van der Waals surface area contributed by atoms with Crippen LogP contribution in [0.5, 0.6) is 0 Å². The third-order valence-electron chi connectivity index (χ3n) is 1.16. The second kappa shape index (κ2) is 4.49. The van der Waals surface area contributed by atoms with Gasteiger partial charge in [-0.15, -0.1) is 0 Å². The highest BCUT2D eigenvalue weighted by molar-refractivity contribution is 5.75. The van der Waals surface area contributed by atoms with Crippen molar-refractivity contribution >= 4 is 11.9 Å². The van der Waals surface area contributed by atoms with Gasteiger partial charge < -0.3 is 10.2 Å². The van der Waals surface area contributed by atoms with Crippen molar-refractivity contribution < 1.29 is 19.8 Å². The minimum atomic E-state index is -1.00. The minimum Gasteiger partial charge on any atom is -0.481 e. The average molecular weight is 158 g/mol. The quantitative estimate of drug-likeness (QED) is 0.595. The van der Waals surface area contributed by atoms with Gasteiger partial charge in [-0.25, -0.2) is 0 Å². The van der Waals surface area contributed by atoms with Crippen molar-refractivity contribution in [1.82, 2.24) is 0 Å². The van der Waals surface area contributed by atoms with E-state index >= 15 is 0 Å². The number of hydrogen-bond donors (Lipinski definition) is 2. The molecule has 0 spiro atoms. The molecule has 4 nitrogen and oxygen atoms in total. The SMILES string of the molecule is CC=C(CC(=O)O)CC(=O)O. The molecule has 0 aromatic rings. The van der Waals surface area contributed by atoms with Crippen LogP contribution in [0.1, 0.15) is 19.8 Å². The Hall–Kier alpha value is -1.32. The summed E-state index contributed by atoms with van der Waals surface area (Å²) in [4.78, 5) is 20.2. The Morgan fingerprint density at radius 1 is 1.18 bits per heavy atom. The van der Waals surface area contributed by atoms with E-state index in [0.29, 0.717) is 5.57 Å². The van der Waals surface area contributed by atoms with Crippen LogP contribution in [0, 0.1) is 0 Å². The van der Waals surface area contributed by atoms with Crippen LogP contribution in [-0.4, -0.2) is 22.2 Å². The average Bonchev–Trinajstić information content (AvgIpc) is 1.84. The monoisotopic (exact) mass is 158 g/mol. The molecular formula is C7H10O4. The highest BCUT2D eigenvalue weighted by Crippen LogP contribution is 2.05. The third kappa shape index (κ3) is 5.14. The van der Waals surface area contributed by atoms with Gasteiger partial charge >= 0.3 is 11.9 Å². The lowest BCUT2D eigenvalue weighted by Crippen LogP contribution is -2.02. The third-order valence-corrected chi connectivity index (χ3v) is 1.16. The number of carboxylic acids is 2. The first-order valence-electron chi connectivity index (χ1n) is 3.14. The first-order valence-corrected chi connectivity index (χ1v) is 3.14. The number of rotatable bonds is 4. The summed E-state index contributed by atoms with van der Waals surface area (Å²) in [6, 6.07) is 0. The summed E-state index contributed by atoms with van der Waals surface area (Å²) >= 11 is 0. The van der Waals surface area contributed by atoms with E-state index in [1.54, 1.807) is 6.92 Å². The summed E-state index contributed by atoms with van der Waals surface area (Å²) in [5.74, 6) is -2.00. The van der Waals surface area contributed by atoms with Gasteiger partial charge in [0.25, 0.3) is 0 Å². The Kier molecular flexibility index (Phi) is 3.95. The molecule has 0 rings (SSSR count). The van der Waals surface area contributed by atoms with E-state index in [-0.39, 0.29) is 12.8 Å². The van der Waals surface area contributed by atoms with Gasteiger partial charge in [-0.3, -0.25) is 9.59 Å². The van der Waals surface area contributed by atoms with Crippen molar-refractivity contribution in [2.45, 2.75) is 19.8 Å². The van der Waals surface area contributed by atoms with E-state index in [0.717, 1.165) is 0 Å². The normalized spacial score (nSPS) is 8.82. The largest absolute Gasteiger partial charge is 0.481 e. The second-order valence-corrected chi connectivity index (χ2v) is 2.09. The maximum atomic E-state index is 10.1. The molecule has 0 bridgehead atoms. The topological polar surface area (TPSA) is 74.6 Å². The smallest absolute Gasteiger partial charge is 0.307 e. The van der Waals surface area contributed by atoms with E-state index in [2.05, 4.69) is 0 Å². The van der Waals surface area contributed by atoms with Gasteiger partial charge in [-0.05, 0) is 6.92 Å². The maximum Gasteiger partial charge on any atom is 0.307 e. The molecule has 0 radical (unpaired) electrons. The van der Waals surface area contributed by atoms with Gasteiger partial charge in [-0.2, -0.15) is 0 Å². The summed E-state index contributed by atoms with van der Waals surface area (Å²) in [5.41, 5.74) is 0.421. The van der Waals surface area contributed by atoms with Gasteiger partial charge in [-0.1, -0.05) is 11.6 Å². The molecule has 0 aliphatic rings. The summed E-state index contributed by atoms with van der Waals surface area (Å²) in [5, 5.41) is 16.6. The fourth-order valence-electron chi connectivity index (χ4n) is 0.655. The molecule has 0 heterocycles. The molecule has 4 heteroatoms. The van der Waals surface area contributed by atoms with Crippen LogP contribution in [0.25, 0.3) is 0 Å². The molecule has 0 aliphatic carbocycles. The predicted molar refractivity (Wildman–Crippen MR) is 38.3 cm³/mol. The molecule has 0 aliphatic heterocycles. The zero-order valence-corrected chi connectivity index (χ0v) is 6.20. The Morgan fingerprint density at radius 2 is 1.55 bits per heavy atom. The number of allylic oxidation sites excluding steroid dienone is 1. The summed E-state index contributed by atoms with van der Waals surface area (Å²) in [6.07, 6.45) is 1.13. The van der Waals surface area contributed by atoms with E-state index in [1.807, 2.05) is 0 Å². The molecule has 0 atom stereocenters. The molecule has 0 aromatic heterocycles. The zero-order valence-electron chi connectivity index (χ0n) is 6.20. The van der Waals surface area contributed by atoms with Gasteiger partial charge in [0.05, 0.1) is 12.8 Å². The van der Waals surface area contributed by atoms with Crippen LogP contribution in [0.15, 0.2) is 11.6 Å². The lowest BCUT2D eigenvalue weighted by Gasteiger charge is -1.97. The Labute approximate surface area is 64.2 Å². The molecule has 0 amide bonds. The van der Waals surface area contributed by atoms with Crippen LogP contribution in [-0.2, 0) is 9.59 Å². The van der Waals surface area contributed by atoms with Crippen molar-refractivity contribution in [1.29, 1.82) is 0 Å². The standard InChI is InChI=1S/C7H10O4/c1-2-5(3-6(8)9)4-7(10)11/h2H,3-4H2,1H3,(H,8,9)(H,10,11). The minimum absolute atomic E-state index is 0.192. The summed E-state index contributed by atoms with van der Waals surface area (Å²) in [7, 11) is 0. The van der Waals surface area contributed by atoms with E-state index in [9.17, 15) is 9.59 Å². The fraction of sp³-hybridized carbons (Fsp3) is 0.429. The van der Waals surface area contributed by atoms with Crippen LogP contribution in [0.4, 0.5) is 0 Å². The Morgan fingerprint density at radius 3 is 1.73 bits per heavy atom. The van der Waals surface area contributed by atoms with Crippen LogP contribution >= 0.6 is 0 Å². The lowest BCUT2D eigenvalue weighted by molar-refractivity contribution is -0.136. The first-order chi connectivity index (χ1) is 5.06. The van der Waals surface area contributed by atoms with Gasteiger partial charge in [0.2, 0.25) is 0 Å². The number of hydrogen-bond acceptors (Lipinski definition) is 2. The van der Waals surface area contributed by atoms with Crippen LogP contribution < -0.4 is 0 Å². The first kappa shape index (κ1) is 9.68. The highest BCUT2D eigenvalue weighted by atomic mass is 16.4. The Balaban J connectivity index is 3.99. The van der Waals surface area contributed by atoms with Crippen molar-refractivity contribution in [3.05, 3.63) is 11.6 Å². The second-order valence-electron chi connectivity index (χ2n) is 2.09. The van der Waals surface area contributed by atoms with Crippen molar-refractivity contribution in [2.24, 2.45) is 0 Å². The molecule has 0 saturated heterocycles. The molecule has 62 valence electrons. The molecule has 0 aromatic carbocycles. The Bertz CT molecular complexity index is 175. The number of carboxylic acid groups (broad SMARTS) is 2.